The molecule has 2 N–H and O–H groups in total. The maximum Gasteiger partial charge on any atom is 0.303 e. The number of carbonyl (C=O) groups excluding carboxylic acids is 1. The van der Waals surface area contributed by atoms with Gasteiger partial charge < -0.3 is 19.9 Å². The molecule has 1 rings (SSSR count). The molecule has 110 valence electrons. The fourth-order valence-electron chi connectivity index (χ4n) is 1.72. The van der Waals surface area contributed by atoms with Crippen molar-refractivity contribution in [2.24, 2.45) is 5.92 Å². The number of hydrogen-bond donors (Lipinski definition) is 2. The van der Waals surface area contributed by atoms with Crippen LogP contribution in [0.25, 0.3) is 0 Å². The Labute approximate surface area is 117 Å². The number of carboxylic acids is 1. The second-order valence-electron chi connectivity index (χ2n) is 4.48. The van der Waals surface area contributed by atoms with Crippen LogP contribution in [-0.4, -0.2) is 37.7 Å². The zero-order valence-corrected chi connectivity index (χ0v) is 11.8. The molecule has 1 atom stereocenters. The predicted octanol–water partition coefficient (Wildman–Crippen LogP) is 1.54. The van der Waals surface area contributed by atoms with E-state index in [2.05, 4.69) is 5.32 Å². The molecule has 0 aromatic heterocycles. The van der Waals surface area contributed by atoms with E-state index in [0.29, 0.717) is 23.6 Å². The molecule has 0 aliphatic rings. The topological polar surface area (TPSA) is 84.9 Å². The van der Waals surface area contributed by atoms with Gasteiger partial charge in [-0.2, -0.15) is 0 Å². The molecule has 6 nitrogen and oxygen atoms in total. The van der Waals surface area contributed by atoms with Crippen LogP contribution in [0.5, 0.6) is 11.5 Å². The molecule has 1 amide bonds. The van der Waals surface area contributed by atoms with Gasteiger partial charge in [-0.3, -0.25) is 9.59 Å². The largest absolute Gasteiger partial charge is 0.493 e. The van der Waals surface area contributed by atoms with Gasteiger partial charge in [0.05, 0.1) is 14.2 Å². The minimum absolute atomic E-state index is 0.0201. The molecule has 0 fully saturated rings. The molecule has 1 aromatic rings. The zero-order valence-electron chi connectivity index (χ0n) is 11.8. The van der Waals surface area contributed by atoms with Crippen molar-refractivity contribution in [3.05, 3.63) is 23.8 Å². The summed E-state index contributed by atoms with van der Waals surface area (Å²) in [7, 11) is 3.01. The van der Waals surface area contributed by atoms with Crippen molar-refractivity contribution in [1.29, 1.82) is 0 Å². The number of aliphatic carboxylic acids is 1. The van der Waals surface area contributed by atoms with Gasteiger partial charge in [-0.15, -0.1) is 0 Å². The molecule has 1 unspecified atom stereocenters. The molecule has 0 bridgehead atoms. The lowest BCUT2D eigenvalue weighted by atomic mass is 10.1. The monoisotopic (exact) mass is 281 g/mol. The van der Waals surface area contributed by atoms with E-state index in [4.69, 9.17) is 14.6 Å². The number of ether oxygens (including phenoxy) is 2. The summed E-state index contributed by atoms with van der Waals surface area (Å²) in [6, 6.07) is 4.85. The van der Waals surface area contributed by atoms with Crippen LogP contribution in [0.3, 0.4) is 0 Å². The summed E-state index contributed by atoms with van der Waals surface area (Å²) in [5.74, 6) is -0.264. The van der Waals surface area contributed by atoms with Crippen LogP contribution in [0.1, 0.15) is 23.7 Å². The van der Waals surface area contributed by atoms with Crippen LogP contribution in [0.4, 0.5) is 0 Å². The highest BCUT2D eigenvalue weighted by molar-refractivity contribution is 5.94. The first-order valence-corrected chi connectivity index (χ1v) is 6.20. The molecular weight excluding hydrogens is 262 g/mol. The van der Waals surface area contributed by atoms with Crippen LogP contribution < -0.4 is 14.8 Å². The third kappa shape index (κ3) is 4.46. The first-order chi connectivity index (χ1) is 9.47. The summed E-state index contributed by atoms with van der Waals surface area (Å²) in [5.41, 5.74) is 0.435. The quantitative estimate of drug-likeness (QED) is 0.792. The lowest BCUT2D eigenvalue weighted by Crippen LogP contribution is -2.29. The predicted molar refractivity (Wildman–Crippen MR) is 73.3 cm³/mol. The van der Waals surface area contributed by atoms with Crippen molar-refractivity contribution in [2.45, 2.75) is 13.3 Å². The highest BCUT2D eigenvalue weighted by Gasteiger charge is 2.13. The van der Waals surface area contributed by atoms with Crippen LogP contribution in [0.2, 0.25) is 0 Å². The summed E-state index contributed by atoms with van der Waals surface area (Å²) < 4.78 is 10.2. The average molecular weight is 281 g/mol. The fourth-order valence-corrected chi connectivity index (χ4v) is 1.72. The number of rotatable bonds is 7. The molecule has 0 saturated carbocycles. The van der Waals surface area contributed by atoms with Crippen LogP contribution >= 0.6 is 0 Å². The van der Waals surface area contributed by atoms with E-state index in [9.17, 15) is 9.59 Å². The number of hydrogen-bond acceptors (Lipinski definition) is 4. The number of carbonyl (C=O) groups is 2. The Hall–Kier alpha value is -2.24. The van der Waals surface area contributed by atoms with Gasteiger partial charge in [0.2, 0.25) is 0 Å². The maximum atomic E-state index is 11.9. The molecule has 0 aliphatic carbocycles. The zero-order chi connectivity index (χ0) is 15.1. The summed E-state index contributed by atoms with van der Waals surface area (Å²) in [6.45, 7) is 2.07. The maximum absolute atomic E-state index is 11.9. The fraction of sp³-hybridized carbons (Fsp3) is 0.429. The second kappa shape index (κ2) is 7.37. The van der Waals surface area contributed by atoms with Gasteiger partial charge in [0.1, 0.15) is 0 Å². The molecule has 20 heavy (non-hydrogen) atoms. The number of methoxy groups -OCH3 is 2. The Balaban J connectivity index is 2.66. The highest BCUT2D eigenvalue weighted by atomic mass is 16.5. The van der Waals surface area contributed by atoms with Gasteiger partial charge in [-0.1, -0.05) is 6.92 Å². The van der Waals surface area contributed by atoms with E-state index in [1.165, 1.54) is 14.2 Å². The van der Waals surface area contributed by atoms with Crippen molar-refractivity contribution in [3.8, 4) is 11.5 Å². The van der Waals surface area contributed by atoms with Gasteiger partial charge in [0, 0.05) is 18.5 Å². The number of carboxylic acid groups (broad SMARTS) is 1. The van der Waals surface area contributed by atoms with Gasteiger partial charge >= 0.3 is 5.97 Å². The number of nitrogens with one attached hydrogen (secondary N) is 1. The summed E-state index contributed by atoms with van der Waals surface area (Å²) in [5, 5.41) is 11.3. The smallest absolute Gasteiger partial charge is 0.303 e. The number of benzene rings is 1. The highest BCUT2D eigenvalue weighted by Crippen LogP contribution is 2.27. The molecule has 0 spiro atoms. The minimum Gasteiger partial charge on any atom is -0.493 e. The van der Waals surface area contributed by atoms with Gasteiger partial charge in [-0.05, 0) is 24.1 Å². The first kappa shape index (κ1) is 15.8. The molecule has 0 radical (unpaired) electrons. The summed E-state index contributed by atoms with van der Waals surface area (Å²) in [6.07, 6.45) is 0.0201. The van der Waals surface area contributed by atoms with Gasteiger partial charge in [-0.25, -0.2) is 0 Å². The SMILES string of the molecule is COc1ccc(C(=O)NCC(C)CC(=O)O)cc1OC. The van der Waals surface area contributed by atoms with Crippen LogP contribution in [0.15, 0.2) is 18.2 Å². The summed E-state index contributed by atoms with van der Waals surface area (Å²) >= 11 is 0. The Morgan fingerprint density at radius 1 is 1.25 bits per heavy atom. The third-order valence-electron chi connectivity index (χ3n) is 2.78. The minimum atomic E-state index is -0.877. The van der Waals surface area contributed by atoms with E-state index in [1.807, 2.05) is 0 Å². The Kier molecular flexibility index (Phi) is 5.83. The van der Waals surface area contributed by atoms with Crippen molar-refractivity contribution in [2.75, 3.05) is 20.8 Å². The first-order valence-electron chi connectivity index (χ1n) is 6.20. The average Bonchev–Trinajstić information content (AvgIpc) is 2.43. The molecule has 6 heteroatoms. The van der Waals surface area contributed by atoms with E-state index in [1.54, 1.807) is 25.1 Å². The van der Waals surface area contributed by atoms with E-state index in [-0.39, 0.29) is 18.2 Å². The van der Waals surface area contributed by atoms with Crippen molar-refractivity contribution in [3.63, 3.8) is 0 Å². The standard InChI is InChI=1S/C14H19NO5/c1-9(6-13(16)17)8-15-14(18)10-4-5-11(19-2)12(7-10)20-3/h4-5,7,9H,6,8H2,1-3H3,(H,15,18)(H,16,17). The lowest BCUT2D eigenvalue weighted by molar-refractivity contribution is -0.137. The molecule has 0 saturated heterocycles. The Bertz CT molecular complexity index is 486. The van der Waals surface area contributed by atoms with Crippen molar-refractivity contribution in [1.82, 2.24) is 5.32 Å². The summed E-state index contributed by atoms with van der Waals surface area (Å²) in [4.78, 5) is 22.5. The molecule has 0 aliphatic heterocycles. The molecule has 0 heterocycles. The van der Waals surface area contributed by atoms with E-state index in [0.717, 1.165) is 0 Å². The third-order valence-corrected chi connectivity index (χ3v) is 2.78. The molecular formula is C14H19NO5. The normalized spacial score (nSPS) is 11.6. The van der Waals surface area contributed by atoms with E-state index < -0.39 is 5.97 Å². The second-order valence-corrected chi connectivity index (χ2v) is 4.48. The van der Waals surface area contributed by atoms with Gasteiger partial charge in [0.15, 0.2) is 11.5 Å². The molecule has 1 aromatic carbocycles. The van der Waals surface area contributed by atoms with Crippen molar-refractivity contribution < 1.29 is 24.2 Å². The lowest BCUT2D eigenvalue weighted by Gasteiger charge is -2.12. The van der Waals surface area contributed by atoms with Crippen LogP contribution in [-0.2, 0) is 4.79 Å². The van der Waals surface area contributed by atoms with Crippen LogP contribution in [0, 0.1) is 5.92 Å². The van der Waals surface area contributed by atoms with Crippen molar-refractivity contribution >= 4 is 11.9 Å². The van der Waals surface area contributed by atoms with Gasteiger partial charge in [0.25, 0.3) is 5.91 Å². The Morgan fingerprint density at radius 3 is 2.45 bits per heavy atom. The number of amides is 1. The van der Waals surface area contributed by atoms with E-state index >= 15 is 0 Å². The Morgan fingerprint density at radius 2 is 1.90 bits per heavy atom.